The van der Waals surface area contributed by atoms with Crippen molar-refractivity contribution in [2.75, 3.05) is 13.2 Å². The highest BCUT2D eigenvalue weighted by atomic mass is 16.6. The number of benzene rings is 2. The van der Waals surface area contributed by atoms with Gasteiger partial charge in [0.2, 0.25) is 0 Å². The van der Waals surface area contributed by atoms with E-state index in [0.717, 1.165) is 12.0 Å². The Morgan fingerprint density at radius 1 is 1.04 bits per heavy atom. The van der Waals surface area contributed by atoms with Crippen LogP contribution in [0.25, 0.3) is 0 Å². The summed E-state index contributed by atoms with van der Waals surface area (Å²) in [6.45, 7) is 2.67. The molecule has 0 aliphatic heterocycles. The first kappa shape index (κ1) is 17.5. The monoisotopic (exact) mass is 328 g/mol. The number of carbonyl (C=O) groups is 2. The van der Waals surface area contributed by atoms with Crippen LogP contribution in [-0.4, -0.2) is 25.5 Å². The van der Waals surface area contributed by atoms with E-state index in [0.29, 0.717) is 36.7 Å². The van der Waals surface area contributed by atoms with E-state index in [1.165, 1.54) is 0 Å². The molecule has 2 rings (SSSR count). The predicted molar refractivity (Wildman–Crippen MR) is 89.8 cm³/mol. The van der Waals surface area contributed by atoms with Crippen molar-refractivity contribution in [1.29, 1.82) is 0 Å². The van der Waals surface area contributed by atoms with E-state index in [-0.39, 0.29) is 12.4 Å². The quantitative estimate of drug-likeness (QED) is 0.304. The Balaban J connectivity index is 1.82. The number of aldehydes is 1. The Labute approximate surface area is 141 Å². The molecule has 24 heavy (non-hydrogen) atoms. The Bertz CT molecular complexity index is 667. The molecule has 5 nitrogen and oxygen atoms in total. The molecule has 0 aliphatic rings. The fraction of sp³-hybridized carbons (Fsp3) is 0.263. The molecule has 0 N–H and O–H groups in total. The van der Waals surface area contributed by atoms with Crippen LogP contribution in [0.1, 0.15) is 30.1 Å². The number of para-hydroxylation sites is 1. The van der Waals surface area contributed by atoms with Gasteiger partial charge in [-0.2, -0.15) is 0 Å². The summed E-state index contributed by atoms with van der Waals surface area (Å²) in [5, 5.41) is 0. The van der Waals surface area contributed by atoms with Crippen molar-refractivity contribution in [3.63, 3.8) is 0 Å². The fourth-order valence-corrected chi connectivity index (χ4v) is 2.05. The van der Waals surface area contributed by atoms with E-state index < -0.39 is 0 Å². The topological polar surface area (TPSA) is 61.8 Å². The minimum absolute atomic E-state index is 0.230. The van der Waals surface area contributed by atoms with E-state index in [4.69, 9.17) is 14.2 Å². The molecule has 0 heterocycles. The second-order valence-electron chi connectivity index (χ2n) is 5.00. The third-order valence-electron chi connectivity index (χ3n) is 3.16. The highest BCUT2D eigenvalue weighted by Gasteiger charge is 2.11. The predicted octanol–water partition coefficient (Wildman–Crippen LogP) is 3.66. The van der Waals surface area contributed by atoms with Crippen molar-refractivity contribution in [2.45, 2.75) is 19.8 Å². The summed E-state index contributed by atoms with van der Waals surface area (Å²) in [4.78, 5) is 22.7. The zero-order valence-corrected chi connectivity index (χ0v) is 13.6. The van der Waals surface area contributed by atoms with Gasteiger partial charge in [-0.25, -0.2) is 0 Å². The van der Waals surface area contributed by atoms with Crippen molar-refractivity contribution < 1.29 is 23.8 Å². The number of carbonyl (C=O) groups excluding carboxylic acids is 2. The lowest BCUT2D eigenvalue weighted by Gasteiger charge is -2.11. The van der Waals surface area contributed by atoms with Crippen LogP contribution in [-0.2, 0) is 4.79 Å². The number of esters is 1. The molecule has 0 aliphatic carbocycles. The first-order valence-corrected chi connectivity index (χ1v) is 7.83. The highest BCUT2D eigenvalue weighted by Crippen LogP contribution is 2.28. The van der Waals surface area contributed by atoms with Crippen LogP contribution in [0.5, 0.6) is 17.2 Å². The molecule has 0 saturated heterocycles. The van der Waals surface area contributed by atoms with Gasteiger partial charge in [0.1, 0.15) is 12.0 Å². The third kappa shape index (κ3) is 5.43. The minimum Gasteiger partial charge on any atom is -0.494 e. The number of ether oxygens (including phenoxy) is 3. The van der Waals surface area contributed by atoms with Crippen molar-refractivity contribution in [3.8, 4) is 17.2 Å². The normalized spacial score (nSPS) is 10.0. The van der Waals surface area contributed by atoms with Gasteiger partial charge in [0.05, 0.1) is 13.2 Å². The standard InChI is InChI=1S/C19H20O5/c1-2-22-18-13-15(14-20)10-11-17(18)24-19(21)9-6-12-23-16-7-4-3-5-8-16/h3-5,7-8,10-11,13-14H,2,6,9,12H2,1H3. The van der Waals surface area contributed by atoms with Gasteiger partial charge in [-0.05, 0) is 43.7 Å². The number of rotatable bonds is 9. The van der Waals surface area contributed by atoms with Gasteiger partial charge >= 0.3 is 5.97 Å². The van der Waals surface area contributed by atoms with E-state index in [9.17, 15) is 9.59 Å². The van der Waals surface area contributed by atoms with Gasteiger partial charge in [0, 0.05) is 12.0 Å². The number of hydrogen-bond acceptors (Lipinski definition) is 5. The van der Waals surface area contributed by atoms with Gasteiger partial charge in [0.25, 0.3) is 0 Å². The highest BCUT2D eigenvalue weighted by molar-refractivity contribution is 5.78. The van der Waals surface area contributed by atoms with Crippen LogP contribution in [0.2, 0.25) is 0 Å². The van der Waals surface area contributed by atoms with Crippen molar-refractivity contribution in [2.24, 2.45) is 0 Å². The zero-order chi connectivity index (χ0) is 17.2. The van der Waals surface area contributed by atoms with Crippen molar-refractivity contribution in [1.82, 2.24) is 0 Å². The molecule has 0 atom stereocenters. The molecule has 0 saturated carbocycles. The molecule has 2 aromatic carbocycles. The van der Waals surface area contributed by atoms with Gasteiger partial charge in [-0.3, -0.25) is 9.59 Å². The van der Waals surface area contributed by atoms with E-state index in [2.05, 4.69) is 0 Å². The van der Waals surface area contributed by atoms with Crippen molar-refractivity contribution in [3.05, 3.63) is 54.1 Å². The maximum absolute atomic E-state index is 11.9. The molecule has 126 valence electrons. The Morgan fingerprint density at radius 2 is 1.83 bits per heavy atom. The van der Waals surface area contributed by atoms with Crippen LogP contribution < -0.4 is 14.2 Å². The molecule has 0 amide bonds. The zero-order valence-electron chi connectivity index (χ0n) is 13.6. The lowest BCUT2D eigenvalue weighted by Crippen LogP contribution is -2.11. The smallest absolute Gasteiger partial charge is 0.311 e. The molecule has 0 unspecified atom stereocenters. The average Bonchev–Trinajstić information content (AvgIpc) is 2.61. The molecular weight excluding hydrogens is 308 g/mol. The van der Waals surface area contributed by atoms with Crippen LogP contribution in [0.15, 0.2) is 48.5 Å². The van der Waals surface area contributed by atoms with Gasteiger partial charge < -0.3 is 14.2 Å². The summed E-state index contributed by atoms with van der Waals surface area (Å²) in [5.41, 5.74) is 0.467. The molecule has 0 aromatic heterocycles. The van der Waals surface area contributed by atoms with Crippen LogP contribution >= 0.6 is 0 Å². The maximum Gasteiger partial charge on any atom is 0.311 e. The molecule has 0 radical (unpaired) electrons. The summed E-state index contributed by atoms with van der Waals surface area (Å²) in [7, 11) is 0. The van der Waals surface area contributed by atoms with Gasteiger partial charge in [-0.1, -0.05) is 18.2 Å². The third-order valence-corrected chi connectivity index (χ3v) is 3.16. The molecule has 0 fully saturated rings. The first-order valence-electron chi connectivity index (χ1n) is 7.83. The SMILES string of the molecule is CCOc1cc(C=O)ccc1OC(=O)CCCOc1ccccc1. The summed E-state index contributed by atoms with van der Waals surface area (Å²) in [6.07, 6.45) is 1.49. The summed E-state index contributed by atoms with van der Waals surface area (Å²) < 4.78 is 16.2. The van der Waals surface area contributed by atoms with Gasteiger partial charge in [0.15, 0.2) is 11.5 Å². The van der Waals surface area contributed by atoms with Crippen LogP contribution in [0.3, 0.4) is 0 Å². The molecular formula is C19H20O5. The second kappa shape index (κ2) is 9.35. The van der Waals surface area contributed by atoms with E-state index in [1.807, 2.05) is 37.3 Å². The minimum atomic E-state index is -0.369. The van der Waals surface area contributed by atoms with E-state index >= 15 is 0 Å². The lowest BCUT2D eigenvalue weighted by molar-refractivity contribution is -0.134. The van der Waals surface area contributed by atoms with Crippen LogP contribution in [0.4, 0.5) is 0 Å². The largest absolute Gasteiger partial charge is 0.494 e. The van der Waals surface area contributed by atoms with Crippen molar-refractivity contribution >= 4 is 12.3 Å². The molecule has 5 heteroatoms. The Kier molecular flexibility index (Phi) is 6.83. The lowest BCUT2D eigenvalue weighted by atomic mass is 10.2. The summed E-state index contributed by atoms with van der Waals surface area (Å²) in [6, 6.07) is 14.1. The summed E-state index contributed by atoms with van der Waals surface area (Å²) >= 11 is 0. The number of hydrogen-bond donors (Lipinski definition) is 0. The first-order chi connectivity index (χ1) is 11.7. The van der Waals surface area contributed by atoms with Gasteiger partial charge in [-0.15, -0.1) is 0 Å². The summed E-state index contributed by atoms with van der Waals surface area (Å²) in [5.74, 6) is 1.10. The Morgan fingerprint density at radius 3 is 2.54 bits per heavy atom. The Hall–Kier alpha value is -2.82. The second-order valence-corrected chi connectivity index (χ2v) is 5.00. The fourth-order valence-electron chi connectivity index (χ4n) is 2.05. The molecule has 2 aromatic rings. The average molecular weight is 328 g/mol. The molecule has 0 spiro atoms. The maximum atomic E-state index is 11.9. The van der Waals surface area contributed by atoms with Crippen LogP contribution in [0, 0.1) is 0 Å². The molecule has 0 bridgehead atoms. The van der Waals surface area contributed by atoms with E-state index in [1.54, 1.807) is 18.2 Å².